The van der Waals surface area contributed by atoms with E-state index in [0.29, 0.717) is 13.0 Å². The number of nitrogens with zero attached hydrogens (tertiary/aromatic N) is 2. The lowest BCUT2D eigenvalue weighted by atomic mass is 10.2. The van der Waals surface area contributed by atoms with Crippen LogP contribution in [0.25, 0.3) is 10.6 Å². The van der Waals surface area contributed by atoms with Crippen molar-refractivity contribution in [1.29, 1.82) is 0 Å². The molecule has 1 amide bonds. The monoisotopic (exact) mass is 329 g/mol. The summed E-state index contributed by atoms with van der Waals surface area (Å²) in [6.45, 7) is 0.609. The van der Waals surface area contributed by atoms with Crippen molar-refractivity contribution in [2.45, 2.75) is 12.8 Å². The van der Waals surface area contributed by atoms with Crippen LogP contribution in [0.15, 0.2) is 46.6 Å². The molecule has 0 radical (unpaired) electrons. The van der Waals surface area contributed by atoms with E-state index in [-0.39, 0.29) is 5.91 Å². The summed E-state index contributed by atoms with van der Waals surface area (Å²) < 4.78 is 0. The average molecular weight is 329 g/mol. The smallest absolute Gasteiger partial charge is 0.226 e. The van der Waals surface area contributed by atoms with Crippen LogP contribution < -0.4 is 5.32 Å². The van der Waals surface area contributed by atoms with Gasteiger partial charge in [0.1, 0.15) is 5.01 Å². The minimum Gasteiger partial charge on any atom is -0.355 e. The van der Waals surface area contributed by atoms with Gasteiger partial charge in [0, 0.05) is 29.3 Å². The second kappa shape index (κ2) is 7.29. The average Bonchev–Trinajstić information content (AvgIpc) is 3.20. The number of hydrogen-bond acceptors (Lipinski definition) is 5. The fourth-order valence-corrected chi connectivity index (χ4v) is 3.44. The number of nitrogens with one attached hydrogen (secondary N) is 1. The van der Waals surface area contributed by atoms with Crippen molar-refractivity contribution < 1.29 is 4.79 Å². The van der Waals surface area contributed by atoms with Crippen molar-refractivity contribution in [2.24, 2.45) is 0 Å². The fraction of sp³-hybridized carbons (Fsp3) is 0.188. The molecule has 2 heterocycles. The maximum absolute atomic E-state index is 11.9. The lowest BCUT2D eigenvalue weighted by Gasteiger charge is -2.02. The van der Waals surface area contributed by atoms with E-state index >= 15 is 0 Å². The van der Waals surface area contributed by atoms with E-state index in [1.807, 2.05) is 41.1 Å². The van der Waals surface area contributed by atoms with Crippen LogP contribution in [0.4, 0.5) is 0 Å². The highest BCUT2D eigenvalue weighted by Gasteiger charge is 2.08. The lowest BCUT2D eigenvalue weighted by Crippen LogP contribution is -2.27. The Bertz CT molecular complexity index is 723. The summed E-state index contributed by atoms with van der Waals surface area (Å²) in [5.74, 6) is 0.000131. The third-order valence-electron chi connectivity index (χ3n) is 3.10. The Kier molecular flexibility index (Phi) is 4.92. The highest BCUT2D eigenvalue weighted by molar-refractivity contribution is 7.13. The van der Waals surface area contributed by atoms with Crippen LogP contribution in [0.1, 0.15) is 11.4 Å². The molecule has 1 N–H and O–H groups in total. The summed E-state index contributed by atoms with van der Waals surface area (Å²) >= 11 is 3.14. The molecule has 0 saturated carbocycles. The predicted molar refractivity (Wildman–Crippen MR) is 90.1 cm³/mol. The first-order valence-corrected chi connectivity index (χ1v) is 8.77. The molecule has 22 heavy (non-hydrogen) atoms. The van der Waals surface area contributed by atoms with E-state index in [1.54, 1.807) is 28.2 Å². The zero-order valence-corrected chi connectivity index (χ0v) is 13.5. The van der Waals surface area contributed by atoms with Crippen molar-refractivity contribution in [3.63, 3.8) is 0 Å². The van der Waals surface area contributed by atoms with Crippen LogP contribution in [0.2, 0.25) is 0 Å². The topological polar surface area (TPSA) is 54.9 Å². The fourth-order valence-electron chi connectivity index (χ4n) is 2.02. The molecular weight excluding hydrogens is 314 g/mol. The number of carbonyl (C=O) groups excluding carboxylic acids is 1. The van der Waals surface area contributed by atoms with Crippen molar-refractivity contribution >= 4 is 28.6 Å². The highest BCUT2D eigenvalue weighted by atomic mass is 32.1. The largest absolute Gasteiger partial charge is 0.355 e. The van der Waals surface area contributed by atoms with Crippen molar-refractivity contribution in [2.75, 3.05) is 6.54 Å². The number of rotatable bonds is 6. The molecule has 0 aliphatic heterocycles. The highest BCUT2D eigenvalue weighted by Crippen LogP contribution is 2.23. The van der Waals surface area contributed by atoms with E-state index < -0.39 is 0 Å². The summed E-state index contributed by atoms with van der Waals surface area (Å²) in [5, 5.41) is 7.80. The van der Waals surface area contributed by atoms with Crippen LogP contribution in [0, 0.1) is 0 Å². The van der Waals surface area contributed by atoms with Gasteiger partial charge in [-0.3, -0.25) is 4.79 Å². The van der Waals surface area contributed by atoms with E-state index in [9.17, 15) is 4.79 Å². The Morgan fingerprint density at radius 3 is 2.77 bits per heavy atom. The number of benzene rings is 1. The van der Waals surface area contributed by atoms with Crippen molar-refractivity contribution in [3.05, 3.63) is 58.0 Å². The van der Waals surface area contributed by atoms with E-state index in [2.05, 4.69) is 15.3 Å². The first kappa shape index (κ1) is 14.9. The van der Waals surface area contributed by atoms with E-state index in [0.717, 1.165) is 28.4 Å². The maximum atomic E-state index is 11.9. The first-order valence-electron chi connectivity index (χ1n) is 6.95. The summed E-state index contributed by atoms with van der Waals surface area (Å²) in [4.78, 5) is 20.6. The van der Waals surface area contributed by atoms with Gasteiger partial charge in [-0.15, -0.1) is 22.7 Å². The Hall–Kier alpha value is -2.05. The number of aromatic nitrogens is 2. The zero-order chi connectivity index (χ0) is 15.2. The molecule has 0 saturated heterocycles. The first-order chi connectivity index (χ1) is 10.8. The predicted octanol–water partition coefficient (Wildman–Crippen LogP) is 3.17. The molecule has 3 rings (SSSR count). The van der Waals surface area contributed by atoms with Gasteiger partial charge in [0.2, 0.25) is 5.91 Å². The van der Waals surface area contributed by atoms with Crippen LogP contribution in [-0.2, 0) is 17.6 Å². The molecule has 0 unspecified atom stereocenters. The number of carbonyl (C=O) groups is 1. The summed E-state index contributed by atoms with van der Waals surface area (Å²) in [6.07, 6.45) is 1.09. The molecule has 0 atom stereocenters. The van der Waals surface area contributed by atoms with Gasteiger partial charge < -0.3 is 5.32 Å². The number of thiazole rings is 2. The molecule has 0 bridgehead atoms. The molecule has 0 aliphatic rings. The van der Waals surface area contributed by atoms with Gasteiger partial charge in [-0.1, -0.05) is 30.3 Å². The molecule has 4 nitrogen and oxygen atoms in total. The maximum Gasteiger partial charge on any atom is 0.226 e. The van der Waals surface area contributed by atoms with Gasteiger partial charge in [-0.05, 0) is 0 Å². The van der Waals surface area contributed by atoms with Crippen LogP contribution in [-0.4, -0.2) is 22.4 Å². The third-order valence-corrected chi connectivity index (χ3v) is 4.68. The molecule has 0 aliphatic carbocycles. The number of amides is 1. The normalized spacial score (nSPS) is 10.5. The lowest BCUT2D eigenvalue weighted by molar-refractivity contribution is -0.120. The van der Waals surface area contributed by atoms with Crippen LogP contribution in [0.5, 0.6) is 0 Å². The molecular formula is C16H15N3OS2. The minimum atomic E-state index is 0.000131. The standard InChI is InChI=1S/C16H15N3OS2/c20-15(17-7-6-13-9-21-11-18-13)8-14-10-22-16(19-14)12-4-2-1-3-5-12/h1-5,9-11H,6-8H2,(H,17,20). The van der Waals surface area contributed by atoms with Gasteiger partial charge in [-0.2, -0.15) is 0 Å². The van der Waals surface area contributed by atoms with Crippen LogP contribution >= 0.6 is 22.7 Å². The molecule has 2 aromatic heterocycles. The summed E-state index contributed by atoms with van der Waals surface area (Å²) in [7, 11) is 0. The molecule has 3 aromatic rings. The molecule has 0 fully saturated rings. The van der Waals surface area contributed by atoms with E-state index in [1.165, 1.54) is 0 Å². The van der Waals surface area contributed by atoms with Gasteiger partial charge in [-0.25, -0.2) is 9.97 Å². The molecule has 6 heteroatoms. The number of hydrogen-bond donors (Lipinski definition) is 1. The van der Waals surface area contributed by atoms with Crippen LogP contribution in [0.3, 0.4) is 0 Å². The Labute approximate surface area is 136 Å². The van der Waals surface area contributed by atoms with Crippen molar-refractivity contribution in [3.8, 4) is 10.6 Å². The van der Waals surface area contributed by atoms with Gasteiger partial charge in [0.15, 0.2) is 0 Å². The zero-order valence-electron chi connectivity index (χ0n) is 11.9. The minimum absolute atomic E-state index is 0.000131. The van der Waals surface area contributed by atoms with Gasteiger partial charge in [0.05, 0.1) is 23.3 Å². The SMILES string of the molecule is O=C(Cc1csc(-c2ccccc2)n1)NCCc1cscn1. The summed E-state index contributed by atoms with van der Waals surface area (Å²) in [6, 6.07) is 10.0. The second-order valence-electron chi connectivity index (χ2n) is 4.77. The van der Waals surface area contributed by atoms with Gasteiger partial charge in [0.25, 0.3) is 0 Å². The Balaban J connectivity index is 1.50. The second-order valence-corrected chi connectivity index (χ2v) is 6.34. The quantitative estimate of drug-likeness (QED) is 0.756. The summed E-state index contributed by atoms with van der Waals surface area (Å²) in [5.41, 5.74) is 4.72. The van der Waals surface area contributed by atoms with E-state index in [4.69, 9.17) is 0 Å². The van der Waals surface area contributed by atoms with Crippen molar-refractivity contribution in [1.82, 2.24) is 15.3 Å². The Morgan fingerprint density at radius 2 is 2.00 bits per heavy atom. The third kappa shape index (κ3) is 3.99. The molecule has 0 spiro atoms. The van der Waals surface area contributed by atoms with Gasteiger partial charge >= 0.3 is 0 Å². The molecule has 1 aromatic carbocycles. The molecule has 112 valence electrons. The Morgan fingerprint density at radius 1 is 1.14 bits per heavy atom.